The van der Waals surface area contributed by atoms with E-state index in [2.05, 4.69) is 15.6 Å². The monoisotopic (exact) mass is 347 g/mol. The predicted molar refractivity (Wildman–Crippen MR) is 83.2 cm³/mol. The van der Waals surface area contributed by atoms with Crippen LogP contribution in [-0.2, 0) is 0 Å². The molecule has 0 spiro atoms. The molecule has 1 aromatic carbocycles. The second-order valence-electron chi connectivity index (χ2n) is 4.00. The van der Waals surface area contributed by atoms with E-state index >= 15 is 0 Å². The van der Waals surface area contributed by atoms with E-state index in [1.54, 1.807) is 7.05 Å². The SMILES string of the molecule is CNc1ncc(C(=O)Nc2c(Cl)cc(F)cc2Cl)cc1Cl. The van der Waals surface area contributed by atoms with Crippen molar-refractivity contribution in [1.29, 1.82) is 0 Å². The van der Waals surface area contributed by atoms with Crippen LogP contribution in [0.25, 0.3) is 0 Å². The summed E-state index contributed by atoms with van der Waals surface area (Å²) in [6, 6.07) is 3.55. The summed E-state index contributed by atoms with van der Waals surface area (Å²) >= 11 is 17.7. The highest BCUT2D eigenvalue weighted by atomic mass is 35.5. The van der Waals surface area contributed by atoms with Gasteiger partial charge in [-0.1, -0.05) is 34.8 Å². The summed E-state index contributed by atoms with van der Waals surface area (Å²) in [5.41, 5.74) is 0.342. The van der Waals surface area contributed by atoms with Crippen LogP contribution in [0.5, 0.6) is 0 Å². The number of halogens is 4. The highest BCUT2D eigenvalue weighted by Gasteiger charge is 2.14. The van der Waals surface area contributed by atoms with Gasteiger partial charge in [0, 0.05) is 13.2 Å². The topological polar surface area (TPSA) is 54.0 Å². The third-order valence-corrected chi connectivity index (χ3v) is 3.47. The lowest BCUT2D eigenvalue weighted by molar-refractivity contribution is 0.102. The van der Waals surface area contributed by atoms with Gasteiger partial charge in [0.15, 0.2) is 0 Å². The Balaban J connectivity index is 2.28. The van der Waals surface area contributed by atoms with E-state index in [0.717, 1.165) is 12.1 Å². The molecule has 0 radical (unpaired) electrons. The Morgan fingerprint density at radius 2 is 1.76 bits per heavy atom. The van der Waals surface area contributed by atoms with Gasteiger partial charge in [-0.05, 0) is 18.2 Å². The van der Waals surface area contributed by atoms with Crippen LogP contribution in [0.4, 0.5) is 15.9 Å². The summed E-state index contributed by atoms with van der Waals surface area (Å²) in [5.74, 6) is -0.653. The number of aromatic nitrogens is 1. The Labute approximate surface area is 135 Å². The highest BCUT2D eigenvalue weighted by molar-refractivity contribution is 6.40. The van der Waals surface area contributed by atoms with E-state index in [-0.39, 0.29) is 21.3 Å². The average Bonchev–Trinajstić information content (AvgIpc) is 2.42. The summed E-state index contributed by atoms with van der Waals surface area (Å²) in [5, 5.41) is 5.57. The molecule has 110 valence electrons. The minimum atomic E-state index is -0.592. The van der Waals surface area contributed by atoms with Crippen molar-refractivity contribution in [3.63, 3.8) is 0 Å². The van der Waals surface area contributed by atoms with E-state index in [9.17, 15) is 9.18 Å². The van der Waals surface area contributed by atoms with Gasteiger partial charge in [-0.25, -0.2) is 9.37 Å². The molecule has 0 fully saturated rings. The van der Waals surface area contributed by atoms with Crippen LogP contribution in [0.2, 0.25) is 15.1 Å². The second-order valence-corrected chi connectivity index (χ2v) is 5.22. The van der Waals surface area contributed by atoms with Gasteiger partial charge >= 0.3 is 0 Å². The van der Waals surface area contributed by atoms with Gasteiger partial charge < -0.3 is 10.6 Å². The number of carbonyl (C=O) groups excluding carboxylic acids is 1. The van der Waals surface area contributed by atoms with E-state index in [1.807, 2.05) is 0 Å². The van der Waals surface area contributed by atoms with Gasteiger partial charge in [0.2, 0.25) is 0 Å². The maximum atomic E-state index is 13.1. The molecule has 1 heterocycles. The third kappa shape index (κ3) is 3.56. The smallest absolute Gasteiger partial charge is 0.257 e. The maximum Gasteiger partial charge on any atom is 0.257 e. The molecule has 1 amide bonds. The minimum Gasteiger partial charge on any atom is -0.372 e. The molecular formula is C13H9Cl3FN3O. The van der Waals surface area contributed by atoms with Gasteiger partial charge in [0.05, 0.1) is 26.3 Å². The van der Waals surface area contributed by atoms with E-state index in [4.69, 9.17) is 34.8 Å². The van der Waals surface area contributed by atoms with Crippen molar-refractivity contribution in [2.24, 2.45) is 0 Å². The lowest BCUT2D eigenvalue weighted by Crippen LogP contribution is -2.13. The molecule has 0 aliphatic rings. The number of hydrogen-bond donors (Lipinski definition) is 2. The molecule has 0 aliphatic carbocycles. The molecule has 0 bridgehead atoms. The molecule has 0 aliphatic heterocycles. The number of carbonyl (C=O) groups is 1. The Bertz CT molecular complexity index is 686. The second kappa shape index (κ2) is 6.47. The van der Waals surface area contributed by atoms with Crippen molar-refractivity contribution in [3.05, 3.63) is 50.8 Å². The van der Waals surface area contributed by atoms with Crippen molar-refractivity contribution in [1.82, 2.24) is 4.98 Å². The normalized spacial score (nSPS) is 10.3. The Morgan fingerprint density at radius 3 is 2.29 bits per heavy atom. The van der Waals surface area contributed by atoms with Crippen LogP contribution in [-0.4, -0.2) is 17.9 Å². The van der Waals surface area contributed by atoms with Crippen LogP contribution in [0, 0.1) is 5.82 Å². The molecule has 2 aromatic rings. The quantitative estimate of drug-likeness (QED) is 0.860. The fourth-order valence-corrected chi connectivity index (χ4v) is 2.41. The summed E-state index contributed by atoms with van der Waals surface area (Å²) in [6.45, 7) is 0. The highest BCUT2D eigenvalue weighted by Crippen LogP contribution is 2.32. The van der Waals surface area contributed by atoms with Crippen molar-refractivity contribution >= 4 is 52.2 Å². The number of hydrogen-bond acceptors (Lipinski definition) is 3. The first-order valence-electron chi connectivity index (χ1n) is 5.71. The fourth-order valence-electron chi connectivity index (χ4n) is 1.59. The molecular weight excluding hydrogens is 340 g/mol. The number of pyridine rings is 1. The average molecular weight is 349 g/mol. The minimum absolute atomic E-state index is 0.000693. The number of amides is 1. The molecule has 2 rings (SSSR count). The predicted octanol–water partition coefficient (Wildman–Crippen LogP) is 4.47. The third-order valence-electron chi connectivity index (χ3n) is 2.59. The van der Waals surface area contributed by atoms with Gasteiger partial charge in [-0.3, -0.25) is 4.79 Å². The van der Waals surface area contributed by atoms with Gasteiger partial charge in [0.1, 0.15) is 11.6 Å². The Morgan fingerprint density at radius 1 is 1.14 bits per heavy atom. The molecule has 0 unspecified atom stereocenters. The largest absolute Gasteiger partial charge is 0.372 e. The van der Waals surface area contributed by atoms with E-state index in [0.29, 0.717) is 10.8 Å². The molecule has 21 heavy (non-hydrogen) atoms. The molecule has 2 N–H and O–H groups in total. The fraction of sp³-hybridized carbons (Fsp3) is 0.0769. The van der Waals surface area contributed by atoms with Crippen LogP contribution in [0.15, 0.2) is 24.4 Å². The standard InChI is InChI=1S/C13H9Cl3FN3O/c1-18-12-10(16)2-6(5-19-12)13(21)20-11-8(14)3-7(17)4-9(11)15/h2-5H,1H3,(H,18,19)(H,20,21). The van der Waals surface area contributed by atoms with Crippen LogP contribution in [0.1, 0.15) is 10.4 Å². The number of rotatable bonds is 3. The number of nitrogens with zero attached hydrogens (tertiary/aromatic N) is 1. The summed E-state index contributed by atoms with van der Waals surface area (Å²) in [4.78, 5) is 16.1. The van der Waals surface area contributed by atoms with Gasteiger partial charge in [-0.2, -0.15) is 0 Å². The van der Waals surface area contributed by atoms with Crippen LogP contribution in [0.3, 0.4) is 0 Å². The number of nitrogens with one attached hydrogen (secondary N) is 2. The Kier molecular flexibility index (Phi) is 4.88. The molecule has 1 aromatic heterocycles. The van der Waals surface area contributed by atoms with E-state index < -0.39 is 11.7 Å². The molecule has 8 heteroatoms. The van der Waals surface area contributed by atoms with Gasteiger partial charge in [0.25, 0.3) is 5.91 Å². The maximum absolute atomic E-state index is 13.1. The summed E-state index contributed by atoms with van der Waals surface area (Å²) in [7, 11) is 1.66. The first-order chi connectivity index (χ1) is 9.92. The van der Waals surface area contributed by atoms with Crippen LogP contribution < -0.4 is 10.6 Å². The zero-order valence-electron chi connectivity index (χ0n) is 10.7. The van der Waals surface area contributed by atoms with Crippen molar-refractivity contribution in [3.8, 4) is 0 Å². The Hall–Kier alpha value is -1.56. The molecule has 0 saturated carbocycles. The summed E-state index contributed by atoms with van der Waals surface area (Å²) < 4.78 is 13.1. The van der Waals surface area contributed by atoms with Crippen molar-refractivity contribution < 1.29 is 9.18 Å². The van der Waals surface area contributed by atoms with Crippen LogP contribution >= 0.6 is 34.8 Å². The first-order valence-corrected chi connectivity index (χ1v) is 6.85. The zero-order chi connectivity index (χ0) is 15.6. The lowest BCUT2D eigenvalue weighted by atomic mass is 10.2. The number of benzene rings is 1. The zero-order valence-corrected chi connectivity index (χ0v) is 12.9. The molecule has 0 saturated heterocycles. The molecule has 0 atom stereocenters. The summed E-state index contributed by atoms with van der Waals surface area (Å²) in [6.07, 6.45) is 1.35. The van der Waals surface area contributed by atoms with E-state index in [1.165, 1.54) is 12.3 Å². The van der Waals surface area contributed by atoms with Crippen molar-refractivity contribution in [2.75, 3.05) is 17.7 Å². The first kappa shape index (κ1) is 15.8. The molecule has 4 nitrogen and oxygen atoms in total. The van der Waals surface area contributed by atoms with Crippen molar-refractivity contribution in [2.45, 2.75) is 0 Å². The van der Waals surface area contributed by atoms with Gasteiger partial charge in [-0.15, -0.1) is 0 Å². The number of anilines is 2. The lowest BCUT2D eigenvalue weighted by Gasteiger charge is -2.10.